The van der Waals surface area contributed by atoms with Crippen molar-refractivity contribution in [1.82, 2.24) is 0 Å². The molecule has 0 saturated carbocycles. The Balaban J connectivity index is 1.29. The van der Waals surface area contributed by atoms with Gasteiger partial charge >= 0.3 is 0 Å². The van der Waals surface area contributed by atoms with Crippen molar-refractivity contribution >= 4 is 53.5 Å². The highest BCUT2D eigenvalue weighted by atomic mass is 15.1. The van der Waals surface area contributed by atoms with Gasteiger partial charge in [0.1, 0.15) is 0 Å². The number of hydrogen-bond acceptors (Lipinski definition) is 1. The summed E-state index contributed by atoms with van der Waals surface area (Å²) in [6, 6.07) is 40.1. The summed E-state index contributed by atoms with van der Waals surface area (Å²) in [5.41, 5.74) is 22.6. The van der Waals surface area contributed by atoms with Crippen LogP contribution in [0.5, 0.6) is 0 Å². The minimum absolute atomic E-state index is 1.11. The van der Waals surface area contributed by atoms with Gasteiger partial charge in [0.05, 0.1) is 0 Å². The lowest BCUT2D eigenvalue weighted by Gasteiger charge is -2.26. The smallest absolute Gasteiger partial charge is 0.0462 e. The topological polar surface area (TPSA) is 3.24 Å². The molecule has 0 unspecified atom stereocenters. The number of anilines is 3. The van der Waals surface area contributed by atoms with Gasteiger partial charge < -0.3 is 4.90 Å². The Morgan fingerprint density at radius 1 is 0.269 bits per heavy atom. The first-order chi connectivity index (χ1) is 24.9. The number of nitrogens with zero attached hydrogens (tertiary/aromatic N) is 1. The fourth-order valence-electron chi connectivity index (χ4n) is 6.72. The second-order valence-corrected chi connectivity index (χ2v) is 14.4. The van der Waals surface area contributed by atoms with E-state index in [0.717, 1.165) is 17.1 Å². The van der Waals surface area contributed by atoms with E-state index >= 15 is 0 Å². The van der Waals surface area contributed by atoms with Gasteiger partial charge in [-0.3, -0.25) is 0 Å². The second kappa shape index (κ2) is 15.7. The fourth-order valence-corrected chi connectivity index (χ4v) is 6.72. The maximum atomic E-state index is 2.33. The fraction of sp³-hybridized carbons (Fsp3) is 0.176. The lowest BCUT2D eigenvalue weighted by molar-refractivity contribution is 1.26. The molecule has 52 heavy (non-hydrogen) atoms. The predicted octanol–water partition coefficient (Wildman–Crippen LogP) is 14.4. The highest BCUT2D eigenvalue weighted by molar-refractivity contribution is 5.81. The average molecular weight is 678 g/mol. The summed E-state index contributed by atoms with van der Waals surface area (Å²) in [5, 5.41) is 0. The molecule has 6 rings (SSSR count). The Labute approximate surface area is 312 Å². The van der Waals surface area contributed by atoms with Crippen LogP contribution in [-0.2, 0) is 0 Å². The third-order valence-electron chi connectivity index (χ3n) is 10.7. The molecule has 0 aromatic heterocycles. The number of aryl methyl sites for hydroxylation is 6. The lowest BCUT2D eigenvalue weighted by Crippen LogP contribution is -2.09. The highest BCUT2D eigenvalue weighted by Gasteiger charge is 2.13. The van der Waals surface area contributed by atoms with Gasteiger partial charge in [-0.05, 0) is 182 Å². The normalized spacial score (nSPS) is 11.7. The molecule has 0 amide bonds. The van der Waals surface area contributed by atoms with Crippen LogP contribution in [0.3, 0.4) is 0 Å². The Kier molecular flexibility index (Phi) is 10.9. The maximum absolute atomic E-state index is 2.33. The van der Waals surface area contributed by atoms with Crippen LogP contribution >= 0.6 is 0 Å². The van der Waals surface area contributed by atoms with Crippen molar-refractivity contribution in [3.8, 4) is 0 Å². The van der Waals surface area contributed by atoms with Gasteiger partial charge in [-0.1, -0.05) is 109 Å². The van der Waals surface area contributed by atoms with Crippen LogP contribution in [0.4, 0.5) is 17.1 Å². The van der Waals surface area contributed by atoms with Crippen molar-refractivity contribution in [3.63, 3.8) is 0 Å². The monoisotopic (exact) mass is 677 g/mol. The second-order valence-electron chi connectivity index (χ2n) is 14.4. The zero-order valence-electron chi connectivity index (χ0n) is 32.3. The largest absolute Gasteiger partial charge is 0.311 e. The highest BCUT2D eigenvalue weighted by Crippen LogP contribution is 2.35. The molecule has 6 aromatic rings. The Morgan fingerprint density at radius 2 is 0.462 bits per heavy atom. The van der Waals surface area contributed by atoms with Crippen molar-refractivity contribution in [2.45, 2.75) is 62.3 Å². The van der Waals surface area contributed by atoms with Crippen LogP contribution in [0.2, 0.25) is 0 Å². The summed E-state index contributed by atoms with van der Waals surface area (Å²) in [5.74, 6) is 0. The first-order valence-electron chi connectivity index (χ1n) is 18.3. The summed E-state index contributed by atoms with van der Waals surface area (Å²) >= 11 is 0. The van der Waals surface area contributed by atoms with E-state index in [1.165, 1.54) is 83.5 Å². The van der Waals surface area contributed by atoms with Crippen molar-refractivity contribution in [1.29, 1.82) is 0 Å². The van der Waals surface area contributed by atoms with Gasteiger partial charge in [0.2, 0.25) is 0 Å². The van der Waals surface area contributed by atoms with Gasteiger partial charge in [-0.2, -0.15) is 0 Å². The average Bonchev–Trinajstić information content (AvgIpc) is 3.14. The van der Waals surface area contributed by atoms with Gasteiger partial charge in [-0.25, -0.2) is 0 Å². The predicted molar refractivity (Wildman–Crippen MR) is 230 cm³/mol. The molecule has 0 aliphatic heterocycles. The molecule has 1 nitrogen and oxygen atoms in total. The van der Waals surface area contributed by atoms with E-state index < -0.39 is 0 Å². The first-order valence-corrected chi connectivity index (χ1v) is 18.3. The Morgan fingerprint density at radius 3 is 0.673 bits per heavy atom. The lowest BCUT2D eigenvalue weighted by atomic mass is 10.00. The van der Waals surface area contributed by atoms with Gasteiger partial charge in [0, 0.05) is 17.1 Å². The minimum Gasteiger partial charge on any atom is -0.311 e. The molecule has 0 radical (unpaired) electrons. The molecule has 0 bridgehead atoms. The van der Waals surface area contributed by atoms with Crippen LogP contribution < -0.4 is 4.90 Å². The van der Waals surface area contributed by atoms with Crippen LogP contribution in [0, 0.1) is 62.3 Å². The molecule has 0 spiro atoms. The quantitative estimate of drug-likeness (QED) is 0.138. The molecule has 260 valence electrons. The summed E-state index contributed by atoms with van der Waals surface area (Å²) in [4.78, 5) is 2.33. The van der Waals surface area contributed by atoms with Crippen LogP contribution in [0.25, 0.3) is 36.5 Å². The van der Waals surface area contributed by atoms with Crippen LogP contribution in [-0.4, -0.2) is 0 Å². The Hall–Kier alpha value is -5.66. The molecule has 0 N–H and O–H groups in total. The summed E-state index contributed by atoms with van der Waals surface area (Å²) in [6.45, 7) is 19.7. The molecule has 0 fully saturated rings. The van der Waals surface area contributed by atoms with Gasteiger partial charge in [0.15, 0.2) is 0 Å². The van der Waals surface area contributed by atoms with Gasteiger partial charge in [0.25, 0.3) is 0 Å². The zero-order valence-corrected chi connectivity index (χ0v) is 32.3. The van der Waals surface area contributed by atoms with Crippen LogP contribution in [0.15, 0.2) is 109 Å². The summed E-state index contributed by atoms with van der Waals surface area (Å²) in [6.07, 6.45) is 13.2. The maximum Gasteiger partial charge on any atom is 0.0462 e. The van der Waals surface area contributed by atoms with Crippen molar-refractivity contribution in [2.75, 3.05) is 4.90 Å². The summed E-state index contributed by atoms with van der Waals surface area (Å²) in [7, 11) is 0. The van der Waals surface area contributed by atoms with E-state index in [1.54, 1.807) is 0 Å². The third kappa shape index (κ3) is 8.44. The molecule has 0 atom stereocenters. The van der Waals surface area contributed by atoms with Crippen LogP contribution in [0.1, 0.15) is 83.5 Å². The molecular formula is C51H51N. The number of rotatable bonds is 9. The van der Waals surface area contributed by atoms with E-state index in [2.05, 4.69) is 213 Å². The van der Waals surface area contributed by atoms with E-state index in [9.17, 15) is 0 Å². The Bertz CT molecular complexity index is 1960. The van der Waals surface area contributed by atoms with E-state index in [4.69, 9.17) is 0 Å². The van der Waals surface area contributed by atoms with E-state index in [1.807, 2.05) is 0 Å². The standard InChI is InChI=1S/C51H51N/c1-34-28-46(29-35(2)40(34)7)13-10-43-16-22-49(23-17-43)52(50-24-18-44(19-25-50)11-14-47-30-36(3)41(8)37(4)31-47)51-26-20-45(21-27-51)12-15-48-32-38(5)42(9)39(6)33-48/h10-33H,1-9H3/b13-10+,14-11+,15-12+. The number of benzene rings is 6. The zero-order chi connectivity index (χ0) is 36.9. The minimum atomic E-state index is 1.11. The van der Waals surface area contributed by atoms with Gasteiger partial charge in [-0.15, -0.1) is 0 Å². The van der Waals surface area contributed by atoms with Crippen molar-refractivity contribution in [2.24, 2.45) is 0 Å². The first kappa shape index (κ1) is 36.1. The summed E-state index contributed by atoms with van der Waals surface area (Å²) < 4.78 is 0. The van der Waals surface area contributed by atoms with E-state index in [-0.39, 0.29) is 0 Å². The third-order valence-corrected chi connectivity index (χ3v) is 10.7. The molecule has 0 saturated heterocycles. The number of hydrogen-bond donors (Lipinski definition) is 0. The molecule has 6 aromatic carbocycles. The van der Waals surface area contributed by atoms with Crippen molar-refractivity contribution in [3.05, 3.63) is 193 Å². The molecule has 0 aliphatic carbocycles. The molecule has 0 aliphatic rings. The van der Waals surface area contributed by atoms with E-state index in [0.29, 0.717) is 0 Å². The van der Waals surface area contributed by atoms with Crippen molar-refractivity contribution < 1.29 is 0 Å². The molecular weight excluding hydrogens is 627 g/mol. The molecule has 0 heterocycles. The molecule has 1 heteroatoms. The SMILES string of the molecule is Cc1cc(/C=C/c2ccc(N(c3ccc(/C=C/c4cc(C)c(C)c(C)c4)cc3)c3ccc(/C=C/c4cc(C)c(C)c(C)c4)cc3)cc2)cc(C)c1C.